The molecule has 0 saturated carbocycles. The minimum Gasteiger partial charge on any atom is -0.466 e. The summed E-state index contributed by atoms with van der Waals surface area (Å²) < 4.78 is 5.06. The Morgan fingerprint density at radius 2 is 1.82 bits per heavy atom. The number of carbonyl (C=O) groups excluding carboxylic acids is 3. The van der Waals surface area contributed by atoms with Gasteiger partial charge in [-0.1, -0.05) is 36.2 Å². The molecule has 0 aromatic heterocycles. The summed E-state index contributed by atoms with van der Waals surface area (Å²) >= 11 is 6.39. The number of carbonyl (C=O) groups is 3. The number of primary amides is 1. The molecule has 0 spiro atoms. The summed E-state index contributed by atoms with van der Waals surface area (Å²) in [6, 6.07) is 5.95. The highest BCUT2D eigenvalue weighted by atomic mass is 35.5. The van der Waals surface area contributed by atoms with Crippen LogP contribution < -0.4 is 16.4 Å². The molecule has 1 atom stereocenters. The van der Waals surface area contributed by atoms with Crippen molar-refractivity contribution in [2.24, 2.45) is 5.73 Å². The molecule has 184 valence electrons. The van der Waals surface area contributed by atoms with Gasteiger partial charge in [-0.05, 0) is 50.4 Å². The van der Waals surface area contributed by atoms with Gasteiger partial charge >= 0.3 is 12.0 Å². The van der Waals surface area contributed by atoms with Crippen LogP contribution in [0.2, 0.25) is 5.02 Å². The summed E-state index contributed by atoms with van der Waals surface area (Å²) in [6.45, 7) is 3.37. The predicted octanol–water partition coefficient (Wildman–Crippen LogP) is 1.93. The van der Waals surface area contributed by atoms with E-state index in [-0.39, 0.29) is 5.91 Å². The van der Waals surface area contributed by atoms with Gasteiger partial charge in [-0.25, -0.2) is 9.59 Å². The number of amides is 3. The zero-order valence-electron chi connectivity index (χ0n) is 19.4. The van der Waals surface area contributed by atoms with Crippen molar-refractivity contribution in [2.75, 3.05) is 39.8 Å². The summed E-state index contributed by atoms with van der Waals surface area (Å²) in [5.41, 5.74) is 6.69. The summed E-state index contributed by atoms with van der Waals surface area (Å²) in [5, 5.41) is 6.04. The Balaban J connectivity index is 1.57. The van der Waals surface area contributed by atoms with E-state index in [1.165, 1.54) is 13.5 Å². The number of urea groups is 1. The molecule has 34 heavy (non-hydrogen) atoms. The molecule has 3 amide bonds. The van der Waals surface area contributed by atoms with Crippen LogP contribution >= 0.6 is 11.6 Å². The Bertz CT molecular complexity index is 983. The third-order valence-corrected chi connectivity index (χ3v) is 7.60. The largest absolute Gasteiger partial charge is 0.466 e. The zero-order valence-corrected chi connectivity index (χ0v) is 20.2. The molecule has 10 heteroatoms. The van der Waals surface area contributed by atoms with E-state index in [0.717, 1.165) is 25.9 Å². The molecule has 0 bridgehead atoms. The highest BCUT2D eigenvalue weighted by Crippen LogP contribution is 2.34. The topological polar surface area (TPSA) is 117 Å². The molecule has 0 aliphatic carbocycles. The van der Waals surface area contributed by atoms with Gasteiger partial charge in [-0.2, -0.15) is 0 Å². The van der Waals surface area contributed by atoms with E-state index in [0.29, 0.717) is 54.3 Å². The number of nitrogens with one attached hydrogen (secondary N) is 2. The monoisotopic (exact) mass is 489 g/mol. The van der Waals surface area contributed by atoms with Crippen LogP contribution in [0.5, 0.6) is 0 Å². The van der Waals surface area contributed by atoms with Crippen LogP contribution in [0, 0.1) is 0 Å². The summed E-state index contributed by atoms with van der Waals surface area (Å²) in [6.07, 6.45) is 4.57. The molecule has 1 aromatic rings. The molecule has 3 aliphatic heterocycles. The third-order valence-electron chi connectivity index (χ3n) is 7.26. The zero-order chi connectivity index (χ0) is 24.3. The number of nitrogens with zero attached hydrogens (tertiary/aromatic N) is 2. The summed E-state index contributed by atoms with van der Waals surface area (Å²) in [7, 11) is 1.31. The molecule has 4 N–H and O–H groups in total. The van der Waals surface area contributed by atoms with E-state index < -0.39 is 23.6 Å². The van der Waals surface area contributed by atoms with Gasteiger partial charge in [-0.3, -0.25) is 14.6 Å². The second kappa shape index (κ2) is 10.3. The van der Waals surface area contributed by atoms with E-state index >= 15 is 0 Å². The second-order valence-corrected chi connectivity index (χ2v) is 9.56. The molecule has 1 aromatic carbocycles. The smallest absolute Gasteiger partial charge is 0.338 e. The average Bonchev–Trinajstić information content (AvgIpc) is 2.84. The Morgan fingerprint density at radius 3 is 2.44 bits per heavy atom. The van der Waals surface area contributed by atoms with Crippen LogP contribution in [0.1, 0.15) is 43.7 Å². The Morgan fingerprint density at radius 1 is 1.15 bits per heavy atom. The number of methoxy groups -OCH3 is 1. The van der Waals surface area contributed by atoms with Gasteiger partial charge in [0, 0.05) is 30.4 Å². The van der Waals surface area contributed by atoms with Crippen molar-refractivity contribution >= 4 is 29.5 Å². The number of piperidine rings is 2. The van der Waals surface area contributed by atoms with Crippen LogP contribution in [0.3, 0.4) is 0 Å². The molecule has 0 radical (unpaired) electrons. The number of rotatable bonds is 6. The first-order valence-electron chi connectivity index (χ1n) is 11.8. The Kier molecular flexibility index (Phi) is 7.45. The molecule has 2 fully saturated rings. The molecular formula is C24H32ClN5O4. The van der Waals surface area contributed by atoms with E-state index in [1.54, 1.807) is 24.3 Å². The number of benzene rings is 1. The lowest BCUT2D eigenvalue weighted by atomic mass is 9.83. The molecule has 3 aliphatic rings. The van der Waals surface area contributed by atoms with Gasteiger partial charge in [0.2, 0.25) is 5.91 Å². The Labute approximate surface area is 204 Å². The van der Waals surface area contributed by atoms with Gasteiger partial charge in [0.15, 0.2) is 0 Å². The van der Waals surface area contributed by atoms with Crippen molar-refractivity contribution in [3.63, 3.8) is 0 Å². The minimum atomic E-state index is -0.729. The van der Waals surface area contributed by atoms with E-state index in [9.17, 15) is 14.4 Å². The fourth-order valence-electron chi connectivity index (χ4n) is 5.38. The average molecular weight is 490 g/mol. The van der Waals surface area contributed by atoms with Crippen molar-refractivity contribution in [3.8, 4) is 0 Å². The lowest BCUT2D eigenvalue weighted by Gasteiger charge is -2.48. The Hall–Kier alpha value is -2.62. The van der Waals surface area contributed by atoms with E-state index in [4.69, 9.17) is 22.1 Å². The van der Waals surface area contributed by atoms with Crippen molar-refractivity contribution in [2.45, 2.75) is 43.7 Å². The molecule has 2 saturated heterocycles. The van der Waals surface area contributed by atoms with E-state index in [1.807, 2.05) is 0 Å². The first-order valence-corrected chi connectivity index (χ1v) is 12.1. The first kappa shape index (κ1) is 24.5. The number of ether oxygens (including phenoxy) is 1. The van der Waals surface area contributed by atoms with Crippen LogP contribution in [0.25, 0.3) is 0 Å². The van der Waals surface area contributed by atoms with E-state index in [2.05, 4.69) is 20.4 Å². The predicted molar refractivity (Wildman–Crippen MR) is 128 cm³/mol. The van der Waals surface area contributed by atoms with Crippen LogP contribution in [0.4, 0.5) is 4.79 Å². The molecular weight excluding hydrogens is 458 g/mol. The molecule has 3 heterocycles. The normalized spacial score (nSPS) is 23.7. The van der Waals surface area contributed by atoms with Crippen molar-refractivity contribution in [3.05, 3.63) is 46.1 Å². The SMILES string of the molecule is COC(=O)C1=C(CN2CCC(C(N)=O)(N3CCCCC3)CC2)NC(=O)N[C@@H]1c1ccccc1Cl. The van der Waals surface area contributed by atoms with Gasteiger partial charge in [-0.15, -0.1) is 0 Å². The fourth-order valence-corrected chi connectivity index (χ4v) is 5.63. The van der Waals surface area contributed by atoms with Gasteiger partial charge in [0.1, 0.15) is 5.54 Å². The van der Waals surface area contributed by atoms with Crippen LogP contribution in [0.15, 0.2) is 35.5 Å². The third kappa shape index (κ3) is 4.78. The van der Waals surface area contributed by atoms with Crippen molar-refractivity contribution < 1.29 is 19.1 Å². The second-order valence-electron chi connectivity index (χ2n) is 9.16. The lowest BCUT2D eigenvalue weighted by molar-refractivity contribution is -0.136. The van der Waals surface area contributed by atoms with Gasteiger partial charge in [0.25, 0.3) is 0 Å². The lowest BCUT2D eigenvalue weighted by Crippen LogP contribution is -2.63. The summed E-state index contributed by atoms with van der Waals surface area (Å²) in [4.78, 5) is 42.3. The maximum Gasteiger partial charge on any atom is 0.338 e. The van der Waals surface area contributed by atoms with Crippen LogP contribution in [-0.2, 0) is 14.3 Å². The van der Waals surface area contributed by atoms with Crippen LogP contribution in [-0.4, -0.2) is 73.1 Å². The number of hydrogen-bond donors (Lipinski definition) is 3. The van der Waals surface area contributed by atoms with Crippen molar-refractivity contribution in [1.29, 1.82) is 0 Å². The highest BCUT2D eigenvalue weighted by Gasteiger charge is 2.45. The molecule has 4 rings (SSSR count). The van der Waals surface area contributed by atoms with Gasteiger partial charge in [0.05, 0.1) is 18.7 Å². The quantitative estimate of drug-likeness (QED) is 0.526. The van der Waals surface area contributed by atoms with Crippen molar-refractivity contribution in [1.82, 2.24) is 20.4 Å². The number of nitrogens with two attached hydrogens (primary N) is 1. The summed E-state index contributed by atoms with van der Waals surface area (Å²) in [5.74, 6) is -0.804. The highest BCUT2D eigenvalue weighted by molar-refractivity contribution is 6.31. The number of halogens is 1. The maximum atomic E-state index is 12.8. The van der Waals surface area contributed by atoms with Gasteiger partial charge < -0.3 is 21.1 Å². The number of hydrogen-bond acceptors (Lipinski definition) is 6. The maximum absolute atomic E-state index is 12.8. The fraction of sp³-hybridized carbons (Fsp3) is 0.542. The standard InChI is InChI=1S/C24H32ClN5O4/c1-34-21(31)19-18(27-23(33)28-20(19)16-7-3-4-8-17(16)25)15-29-13-9-24(10-14-29,22(26)32)30-11-5-2-6-12-30/h3-4,7-8,20H,2,5-6,9-15H2,1H3,(H2,26,32)(H2,27,28,33)/t20-/m1/s1. The number of esters is 1. The minimum absolute atomic E-state index is 0.266. The molecule has 9 nitrogen and oxygen atoms in total. The molecule has 0 unspecified atom stereocenters. The number of likely N-dealkylation sites (tertiary alicyclic amines) is 2. The first-order chi connectivity index (χ1) is 16.4.